The Morgan fingerprint density at radius 3 is 2.71 bits per heavy atom. The first-order valence-corrected chi connectivity index (χ1v) is 4.99. The fourth-order valence-electron chi connectivity index (χ4n) is 1.68. The zero-order chi connectivity index (χ0) is 12.4. The smallest absolute Gasteiger partial charge is 0.317 e. The number of carbonyl (C=O) groups is 3. The minimum absolute atomic E-state index is 0.00782. The Labute approximate surface area is 96.8 Å². The van der Waals surface area contributed by atoms with Crippen molar-refractivity contribution in [2.75, 3.05) is 18.1 Å². The van der Waals surface area contributed by atoms with Crippen LogP contribution in [0.2, 0.25) is 0 Å². The van der Waals surface area contributed by atoms with Crippen LogP contribution in [0, 0.1) is 0 Å². The average molecular weight is 234 g/mol. The standard InChI is InChI=1S/C11H10N2O4/c14-9(15)5-12-6-13-8-4-2-1-3-7(8)10(16)11(13)17/h1-4,12H,5-6H2,(H,14,15). The number of nitrogens with zero attached hydrogens (tertiary/aromatic N) is 1. The summed E-state index contributed by atoms with van der Waals surface area (Å²) in [7, 11) is 0. The summed E-state index contributed by atoms with van der Waals surface area (Å²) in [5, 5.41) is 11.0. The van der Waals surface area contributed by atoms with Gasteiger partial charge in [0.2, 0.25) is 0 Å². The quantitative estimate of drug-likeness (QED) is 0.707. The number of carboxylic acid groups (broad SMARTS) is 1. The van der Waals surface area contributed by atoms with Crippen molar-refractivity contribution in [3.8, 4) is 0 Å². The SMILES string of the molecule is O=C(O)CNCN1C(=O)C(=O)c2ccccc21. The van der Waals surface area contributed by atoms with E-state index in [9.17, 15) is 14.4 Å². The lowest BCUT2D eigenvalue weighted by molar-refractivity contribution is -0.136. The fourth-order valence-corrected chi connectivity index (χ4v) is 1.68. The summed E-state index contributed by atoms with van der Waals surface area (Å²) in [6.45, 7) is -0.256. The van der Waals surface area contributed by atoms with Crippen LogP contribution in [0.1, 0.15) is 10.4 Å². The van der Waals surface area contributed by atoms with E-state index < -0.39 is 17.7 Å². The highest BCUT2D eigenvalue weighted by atomic mass is 16.4. The molecule has 1 amide bonds. The summed E-state index contributed by atoms with van der Waals surface area (Å²) in [5.41, 5.74) is 0.870. The second-order valence-electron chi connectivity index (χ2n) is 3.56. The molecule has 0 aromatic heterocycles. The van der Waals surface area contributed by atoms with E-state index in [4.69, 9.17) is 5.11 Å². The van der Waals surface area contributed by atoms with Crippen LogP contribution in [0.3, 0.4) is 0 Å². The second-order valence-corrected chi connectivity index (χ2v) is 3.56. The van der Waals surface area contributed by atoms with Crippen molar-refractivity contribution in [3.05, 3.63) is 29.8 Å². The third-order valence-corrected chi connectivity index (χ3v) is 2.43. The number of amides is 1. The van der Waals surface area contributed by atoms with Gasteiger partial charge in [-0.05, 0) is 12.1 Å². The molecule has 6 heteroatoms. The molecule has 0 saturated heterocycles. The number of nitrogens with one attached hydrogen (secondary N) is 1. The Hall–Kier alpha value is -2.21. The molecule has 1 aromatic rings. The van der Waals surface area contributed by atoms with Gasteiger partial charge in [0.25, 0.3) is 5.78 Å². The summed E-state index contributed by atoms with van der Waals surface area (Å²) in [6, 6.07) is 6.63. The molecule has 88 valence electrons. The number of carboxylic acids is 1. The van der Waals surface area contributed by atoms with Crippen molar-refractivity contribution in [3.63, 3.8) is 0 Å². The minimum atomic E-state index is -1.02. The molecular formula is C11H10N2O4. The lowest BCUT2D eigenvalue weighted by Gasteiger charge is -2.16. The van der Waals surface area contributed by atoms with E-state index in [-0.39, 0.29) is 13.2 Å². The molecule has 1 heterocycles. The molecule has 2 N–H and O–H groups in total. The summed E-state index contributed by atoms with van der Waals surface area (Å²) in [6.07, 6.45) is 0. The highest BCUT2D eigenvalue weighted by Crippen LogP contribution is 2.27. The average Bonchev–Trinajstić information content (AvgIpc) is 2.54. The predicted molar refractivity (Wildman–Crippen MR) is 58.8 cm³/mol. The van der Waals surface area contributed by atoms with Gasteiger partial charge in [0, 0.05) is 0 Å². The fraction of sp³-hybridized carbons (Fsp3) is 0.182. The lowest BCUT2D eigenvalue weighted by Crippen LogP contribution is -2.39. The molecule has 0 unspecified atom stereocenters. The van der Waals surface area contributed by atoms with Crippen LogP contribution in [-0.2, 0) is 9.59 Å². The van der Waals surface area contributed by atoms with Gasteiger partial charge in [-0.1, -0.05) is 12.1 Å². The van der Waals surface area contributed by atoms with E-state index in [1.165, 1.54) is 4.90 Å². The second kappa shape index (κ2) is 4.34. The van der Waals surface area contributed by atoms with E-state index in [1.54, 1.807) is 24.3 Å². The Balaban J connectivity index is 2.16. The van der Waals surface area contributed by atoms with Gasteiger partial charge in [-0.3, -0.25) is 24.6 Å². The molecule has 0 bridgehead atoms. The van der Waals surface area contributed by atoms with Crippen molar-refractivity contribution in [2.24, 2.45) is 0 Å². The molecule has 0 spiro atoms. The van der Waals surface area contributed by atoms with Crippen molar-refractivity contribution >= 4 is 23.3 Å². The number of hydrogen-bond donors (Lipinski definition) is 2. The van der Waals surface area contributed by atoms with Crippen LogP contribution in [-0.4, -0.2) is 36.0 Å². The Bertz CT molecular complexity index is 498. The van der Waals surface area contributed by atoms with E-state index in [2.05, 4.69) is 5.32 Å². The number of Topliss-reactive ketones (excluding diaryl/α,β-unsaturated/α-hetero) is 1. The summed E-state index contributed by atoms with van der Waals surface area (Å²) >= 11 is 0. The van der Waals surface area contributed by atoms with Gasteiger partial charge in [0.05, 0.1) is 24.5 Å². The van der Waals surface area contributed by atoms with Gasteiger partial charge in [0.15, 0.2) is 0 Å². The summed E-state index contributed by atoms with van der Waals surface area (Å²) < 4.78 is 0. The molecule has 6 nitrogen and oxygen atoms in total. The summed E-state index contributed by atoms with van der Waals surface area (Å²) in [5.74, 6) is -2.21. The molecule has 17 heavy (non-hydrogen) atoms. The van der Waals surface area contributed by atoms with E-state index in [0.717, 1.165) is 0 Å². The molecule has 1 aliphatic rings. The van der Waals surface area contributed by atoms with Crippen molar-refractivity contribution in [2.45, 2.75) is 0 Å². The third kappa shape index (κ3) is 2.02. The first-order chi connectivity index (χ1) is 8.11. The van der Waals surface area contributed by atoms with Crippen LogP contribution in [0.5, 0.6) is 0 Å². The van der Waals surface area contributed by atoms with Gasteiger partial charge < -0.3 is 5.11 Å². The lowest BCUT2D eigenvalue weighted by atomic mass is 10.1. The Kier molecular flexibility index (Phi) is 2.88. The van der Waals surface area contributed by atoms with Crippen LogP contribution < -0.4 is 10.2 Å². The minimum Gasteiger partial charge on any atom is -0.480 e. The molecule has 0 radical (unpaired) electrons. The third-order valence-electron chi connectivity index (χ3n) is 2.43. The van der Waals surface area contributed by atoms with E-state index in [0.29, 0.717) is 11.3 Å². The monoisotopic (exact) mass is 234 g/mol. The first kappa shape index (κ1) is 11.3. The predicted octanol–water partition coefficient (Wildman–Crippen LogP) is -0.152. The number of ketones is 1. The number of aliphatic carboxylic acids is 1. The molecule has 0 saturated carbocycles. The highest BCUT2D eigenvalue weighted by molar-refractivity contribution is 6.52. The van der Waals surface area contributed by atoms with Crippen LogP contribution in [0.25, 0.3) is 0 Å². The molecule has 0 aliphatic carbocycles. The molecule has 1 aromatic carbocycles. The van der Waals surface area contributed by atoms with Crippen molar-refractivity contribution in [1.29, 1.82) is 0 Å². The van der Waals surface area contributed by atoms with Crippen molar-refractivity contribution < 1.29 is 19.5 Å². The Morgan fingerprint density at radius 1 is 1.29 bits per heavy atom. The van der Waals surface area contributed by atoms with Gasteiger partial charge in [-0.2, -0.15) is 0 Å². The number of para-hydroxylation sites is 1. The van der Waals surface area contributed by atoms with Crippen LogP contribution in [0.15, 0.2) is 24.3 Å². The van der Waals surface area contributed by atoms with Gasteiger partial charge >= 0.3 is 11.9 Å². The molecule has 2 rings (SSSR count). The van der Waals surface area contributed by atoms with Gasteiger partial charge in [0.1, 0.15) is 0 Å². The number of anilines is 1. The molecule has 1 aliphatic heterocycles. The van der Waals surface area contributed by atoms with Gasteiger partial charge in [-0.25, -0.2) is 0 Å². The number of carbonyl (C=O) groups excluding carboxylic acids is 2. The maximum Gasteiger partial charge on any atom is 0.317 e. The highest BCUT2D eigenvalue weighted by Gasteiger charge is 2.34. The number of fused-ring (bicyclic) bond motifs is 1. The molecular weight excluding hydrogens is 224 g/mol. The van der Waals surface area contributed by atoms with E-state index in [1.807, 2.05) is 0 Å². The first-order valence-electron chi connectivity index (χ1n) is 4.99. The zero-order valence-electron chi connectivity index (χ0n) is 8.84. The number of benzene rings is 1. The van der Waals surface area contributed by atoms with Crippen molar-refractivity contribution in [1.82, 2.24) is 5.32 Å². The number of hydrogen-bond acceptors (Lipinski definition) is 4. The topological polar surface area (TPSA) is 86.7 Å². The maximum absolute atomic E-state index is 11.6. The maximum atomic E-state index is 11.6. The van der Waals surface area contributed by atoms with Crippen LogP contribution >= 0.6 is 0 Å². The van der Waals surface area contributed by atoms with Crippen LogP contribution in [0.4, 0.5) is 5.69 Å². The van der Waals surface area contributed by atoms with E-state index >= 15 is 0 Å². The van der Waals surface area contributed by atoms with Gasteiger partial charge in [-0.15, -0.1) is 0 Å². The summed E-state index contributed by atoms with van der Waals surface area (Å²) in [4.78, 5) is 34.8. The Morgan fingerprint density at radius 2 is 2.00 bits per heavy atom. The molecule has 0 fully saturated rings. The number of rotatable bonds is 4. The molecule has 0 atom stereocenters. The normalized spacial score (nSPS) is 14.0. The zero-order valence-corrected chi connectivity index (χ0v) is 8.84. The largest absolute Gasteiger partial charge is 0.480 e.